The summed E-state index contributed by atoms with van der Waals surface area (Å²) in [6.45, 7) is 3.78. The molecular formula is C34H35N10NiO9+. The topological polar surface area (TPSA) is 270 Å². The van der Waals surface area contributed by atoms with E-state index in [-0.39, 0.29) is 33.1 Å². The first-order valence-corrected chi connectivity index (χ1v) is 15.0. The van der Waals surface area contributed by atoms with Crippen LogP contribution in [0.3, 0.4) is 0 Å². The molecule has 0 aliphatic heterocycles. The fraction of sp³-hybridized carbons (Fsp3) is 0.118. The summed E-state index contributed by atoms with van der Waals surface area (Å²) in [6.07, 6.45) is 10.1. The van der Waals surface area contributed by atoms with Crippen LogP contribution >= 0.6 is 0 Å². The number of aromatic nitrogens is 6. The van der Waals surface area contributed by atoms with Crippen molar-refractivity contribution in [1.29, 1.82) is 0 Å². The fourth-order valence-corrected chi connectivity index (χ4v) is 4.58. The number of hydrogen-bond donors (Lipinski definition) is 0. The predicted molar refractivity (Wildman–Crippen MR) is 200 cm³/mol. The van der Waals surface area contributed by atoms with Gasteiger partial charge in [0, 0.05) is 51.3 Å². The molecule has 0 aliphatic carbocycles. The van der Waals surface area contributed by atoms with Crippen molar-refractivity contribution in [2.24, 2.45) is 24.1 Å². The molecule has 6 aromatic rings. The van der Waals surface area contributed by atoms with Crippen molar-refractivity contribution in [3.63, 3.8) is 0 Å². The number of pyridine rings is 2. The zero-order chi connectivity index (χ0) is 38.2. The van der Waals surface area contributed by atoms with Crippen molar-refractivity contribution in [2.75, 3.05) is 0 Å². The van der Waals surface area contributed by atoms with Gasteiger partial charge < -0.3 is 36.1 Å². The Morgan fingerprint density at radius 1 is 0.574 bits per heavy atom. The van der Waals surface area contributed by atoms with Crippen LogP contribution in [0.4, 0.5) is 11.4 Å². The third-order valence-electron chi connectivity index (χ3n) is 7.15. The SMILES string of the molecule is Cc1c(N=Cc2ccncc2)c(=O)n(-c2ccccc2)n1C.Cc1c(N=Cc2ccncc2)c(=O)n(-c2ccccc2)n1C.O=[N+]([O-])[O-].O=[N+]([O-])[O-].[Ni+2].[OH3+]. The van der Waals surface area contributed by atoms with Gasteiger partial charge in [0.1, 0.15) is 0 Å². The van der Waals surface area contributed by atoms with Crippen LogP contribution in [0.2, 0.25) is 0 Å². The van der Waals surface area contributed by atoms with Crippen LogP contribution < -0.4 is 11.1 Å². The Balaban J connectivity index is 0.000000437. The molecule has 4 heterocycles. The molecule has 284 valence electrons. The molecule has 54 heavy (non-hydrogen) atoms. The van der Waals surface area contributed by atoms with E-state index in [0.717, 1.165) is 33.9 Å². The van der Waals surface area contributed by atoms with Crippen molar-refractivity contribution in [2.45, 2.75) is 13.8 Å². The second-order valence-electron chi connectivity index (χ2n) is 10.3. The largest absolute Gasteiger partial charge is 2.00 e. The Labute approximate surface area is 316 Å². The quantitative estimate of drug-likeness (QED) is 0.0773. The number of nitrogens with zero attached hydrogens (tertiary/aromatic N) is 10. The van der Waals surface area contributed by atoms with E-state index in [0.29, 0.717) is 11.4 Å². The molecule has 3 N–H and O–H groups in total. The van der Waals surface area contributed by atoms with Crippen LogP contribution in [0.25, 0.3) is 11.4 Å². The van der Waals surface area contributed by atoms with E-state index < -0.39 is 10.2 Å². The summed E-state index contributed by atoms with van der Waals surface area (Å²) >= 11 is 0. The van der Waals surface area contributed by atoms with Crippen molar-refractivity contribution in [1.82, 2.24) is 28.7 Å². The summed E-state index contributed by atoms with van der Waals surface area (Å²) in [7, 11) is 3.71. The van der Waals surface area contributed by atoms with Crippen LogP contribution in [0.15, 0.2) is 129 Å². The summed E-state index contributed by atoms with van der Waals surface area (Å²) in [5.41, 5.74) is 5.73. The first kappa shape index (κ1) is 45.0. The Morgan fingerprint density at radius 3 is 1.13 bits per heavy atom. The molecule has 0 saturated carbocycles. The van der Waals surface area contributed by atoms with E-state index in [9.17, 15) is 9.59 Å². The summed E-state index contributed by atoms with van der Waals surface area (Å²) < 4.78 is 6.87. The molecule has 0 aliphatic rings. The first-order chi connectivity index (χ1) is 24.8. The summed E-state index contributed by atoms with van der Waals surface area (Å²) in [6, 6.07) is 26.5. The van der Waals surface area contributed by atoms with Crippen LogP contribution in [0.1, 0.15) is 22.5 Å². The normalized spacial score (nSPS) is 10.0. The molecular weight excluding hydrogens is 751 g/mol. The minimum absolute atomic E-state index is 0. The molecule has 19 nitrogen and oxygen atoms in total. The average molecular weight is 786 g/mol. The maximum absolute atomic E-state index is 12.6. The number of aliphatic imine (C=N–C) groups is 2. The van der Waals surface area contributed by atoms with E-state index in [4.69, 9.17) is 30.6 Å². The van der Waals surface area contributed by atoms with Gasteiger partial charge >= 0.3 is 16.5 Å². The molecule has 6 rings (SSSR count). The smallest absolute Gasteiger partial charge is 0.457 e. The molecule has 0 fully saturated rings. The molecule has 0 unspecified atom stereocenters. The van der Waals surface area contributed by atoms with E-state index in [1.165, 1.54) is 0 Å². The predicted octanol–water partition coefficient (Wildman–Crippen LogP) is 3.86. The molecule has 0 amide bonds. The molecule has 2 aromatic carbocycles. The minimum Gasteiger partial charge on any atom is -0.457 e. The molecule has 0 bridgehead atoms. The van der Waals surface area contributed by atoms with Gasteiger partial charge in [-0.05, 0) is 73.5 Å². The monoisotopic (exact) mass is 785 g/mol. The van der Waals surface area contributed by atoms with Crippen LogP contribution in [0, 0.1) is 44.5 Å². The van der Waals surface area contributed by atoms with E-state index in [1.807, 2.05) is 122 Å². The first-order valence-electron chi connectivity index (χ1n) is 15.0. The van der Waals surface area contributed by atoms with E-state index in [1.54, 1.807) is 46.6 Å². The van der Waals surface area contributed by atoms with Gasteiger partial charge in [0.2, 0.25) is 0 Å². The Kier molecular flexibility index (Phi) is 18.3. The van der Waals surface area contributed by atoms with Crippen molar-refractivity contribution in [3.05, 3.63) is 184 Å². The van der Waals surface area contributed by atoms with Gasteiger partial charge in [-0.25, -0.2) is 19.3 Å². The van der Waals surface area contributed by atoms with E-state index in [2.05, 4.69) is 20.0 Å². The molecule has 0 spiro atoms. The maximum Gasteiger partial charge on any atom is 2.00 e. The van der Waals surface area contributed by atoms with Crippen molar-refractivity contribution in [3.8, 4) is 11.4 Å². The number of para-hydroxylation sites is 2. The maximum atomic E-state index is 12.6. The zero-order valence-electron chi connectivity index (χ0n) is 29.2. The molecule has 4 aromatic heterocycles. The second kappa shape index (κ2) is 22.0. The summed E-state index contributed by atoms with van der Waals surface area (Å²) in [5.74, 6) is 0. The summed E-state index contributed by atoms with van der Waals surface area (Å²) in [4.78, 5) is 58.5. The fourth-order valence-electron chi connectivity index (χ4n) is 4.58. The van der Waals surface area contributed by atoms with Gasteiger partial charge in [-0.15, -0.1) is 0 Å². The van der Waals surface area contributed by atoms with Crippen molar-refractivity contribution < 1.29 is 32.1 Å². The molecule has 0 radical (unpaired) electrons. The number of benzene rings is 2. The average Bonchev–Trinajstić information content (AvgIpc) is 3.48. The van der Waals surface area contributed by atoms with Crippen LogP contribution in [-0.4, -0.2) is 51.3 Å². The van der Waals surface area contributed by atoms with Gasteiger partial charge in [-0.1, -0.05) is 36.4 Å². The second-order valence-corrected chi connectivity index (χ2v) is 10.3. The standard InChI is InChI=1S/2C17H16N4O.2NO3.Ni.H2O/c2*1-13-16(19-12-14-8-10-18-11-9-14)17(22)21(20(13)2)15-6-4-3-5-7-15;2*2-1(3)4;;/h2*3-12H,1-2H3;;;;1H2/q;;2*-1;+2;/p+1. The Hall–Kier alpha value is -7.05. The zero-order valence-corrected chi connectivity index (χ0v) is 30.2. The molecule has 0 saturated heterocycles. The Bertz CT molecular complexity index is 2090. The van der Waals surface area contributed by atoms with Crippen LogP contribution in [0.5, 0.6) is 0 Å². The third-order valence-corrected chi connectivity index (χ3v) is 7.15. The van der Waals surface area contributed by atoms with Gasteiger partial charge in [-0.3, -0.25) is 28.9 Å². The van der Waals surface area contributed by atoms with Gasteiger partial charge in [-0.2, -0.15) is 0 Å². The van der Waals surface area contributed by atoms with Gasteiger partial charge in [0.25, 0.3) is 11.1 Å². The van der Waals surface area contributed by atoms with E-state index >= 15 is 0 Å². The minimum atomic E-state index is -1.75. The summed E-state index contributed by atoms with van der Waals surface area (Å²) in [5, 5.41) is 29.5. The number of rotatable bonds is 6. The van der Waals surface area contributed by atoms with Gasteiger partial charge in [0.15, 0.2) is 11.4 Å². The Morgan fingerprint density at radius 2 is 0.852 bits per heavy atom. The third kappa shape index (κ3) is 12.6. The van der Waals surface area contributed by atoms with Crippen molar-refractivity contribution >= 4 is 23.8 Å². The van der Waals surface area contributed by atoms with Crippen LogP contribution in [-0.2, 0) is 36.1 Å². The molecule has 20 heteroatoms. The number of hydrogen-bond acceptors (Lipinski definition) is 12. The van der Waals surface area contributed by atoms with Gasteiger partial charge in [0.05, 0.1) is 32.9 Å². The molecule has 0 atom stereocenters.